The molecule has 0 saturated heterocycles. The molecular formula is C13H26. The van der Waals surface area contributed by atoms with Crippen molar-refractivity contribution in [3.63, 3.8) is 0 Å². The van der Waals surface area contributed by atoms with Crippen LogP contribution >= 0.6 is 0 Å². The van der Waals surface area contributed by atoms with Crippen molar-refractivity contribution < 1.29 is 0 Å². The maximum atomic E-state index is 2.45. The Bertz CT molecular complexity index is 133. The van der Waals surface area contributed by atoms with Crippen LogP contribution in [0.1, 0.15) is 66.2 Å². The molecule has 0 bridgehead atoms. The van der Waals surface area contributed by atoms with Gasteiger partial charge in [-0.25, -0.2) is 0 Å². The molecule has 0 amide bonds. The minimum absolute atomic E-state index is 0.509. The van der Waals surface area contributed by atoms with Gasteiger partial charge in [0.25, 0.3) is 0 Å². The summed E-state index contributed by atoms with van der Waals surface area (Å²) in [7, 11) is 0. The van der Waals surface area contributed by atoms with Gasteiger partial charge in [0.15, 0.2) is 0 Å². The predicted octanol–water partition coefficient (Wildman–Crippen LogP) is 4.64. The lowest BCUT2D eigenvalue weighted by Crippen LogP contribution is -2.25. The van der Waals surface area contributed by atoms with Crippen LogP contribution in [0, 0.1) is 17.3 Å². The van der Waals surface area contributed by atoms with Crippen LogP contribution in [0.3, 0.4) is 0 Å². The Morgan fingerprint density at radius 1 is 0.923 bits per heavy atom. The van der Waals surface area contributed by atoms with Crippen molar-refractivity contribution in [1.29, 1.82) is 0 Å². The Labute approximate surface area is 84.1 Å². The normalized spacial score (nSPS) is 24.0. The predicted molar refractivity (Wildman–Crippen MR) is 59.8 cm³/mol. The zero-order chi connectivity index (χ0) is 9.90. The number of hydrogen-bond acceptors (Lipinski definition) is 0. The van der Waals surface area contributed by atoms with Crippen molar-refractivity contribution in [1.82, 2.24) is 0 Å². The third kappa shape index (κ3) is 3.32. The van der Waals surface area contributed by atoms with Crippen LogP contribution in [-0.4, -0.2) is 0 Å². The molecule has 1 fully saturated rings. The van der Waals surface area contributed by atoms with Gasteiger partial charge in [-0.15, -0.1) is 0 Å². The van der Waals surface area contributed by atoms with Gasteiger partial charge in [-0.3, -0.25) is 0 Å². The molecule has 0 aromatic rings. The van der Waals surface area contributed by atoms with E-state index in [1.807, 2.05) is 0 Å². The first-order chi connectivity index (χ1) is 6.02. The summed E-state index contributed by atoms with van der Waals surface area (Å²) in [5.41, 5.74) is 0.509. The zero-order valence-electron chi connectivity index (χ0n) is 9.90. The first-order valence-corrected chi connectivity index (χ1v) is 6.02. The lowest BCUT2D eigenvalue weighted by Gasteiger charge is -2.34. The highest BCUT2D eigenvalue weighted by molar-refractivity contribution is 4.78. The monoisotopic (exact) mass is 182 g/mol. The number of hydrogen-bond donors (Lipinski definition) is 0. The standard InChI is InChI=1S/C13H26/c1-11(13(2,3)4)12-9-7-5-6-8-10-12/h11-12H,5-10H2,1-4H3/t11-/m0/s1. The fourth-order valence-corrected chi connectivity index (χ4v) is 2.52. The van der Waals surface area contributed by atoms with Crippen LogP contribution in [0.4, 0.5) is 0 Å². The Morgan fingerprint density at radius 2 is 1.38 bits per heavy atom. The molecule has 78 valence electrons. The van der Waals surface area contributed by atoms with Crippen molar-refractivity contribution in [3.05, 3.63) is 0 Å². The quantitative estimate of drug-likeness (QED) is 0.518. The molecule has 1 aliphatic rings. The van der Waals surface area contributed by atoms with Gasteiger partial charge in [-0.2, -0.15) is 0 Å². The van der Waals surface area contributed by atoms with Gasteiger partial charge in [0.1, 0.15) is 0 Å². The van der Waals surface area contributed by atoms with Gasteiger partial charge < -0.3 is 0 Å². The van der Waals surface area contributed by atoms with Crippen molar-refractivity contribution in [2.75, 3.05) is 0 Å². The van der Waals surface area contributed by atoms with Crippen LogP contribution in [-0.2, 0) is 0 Å². The summed E-state index contributed by atoms with van der Waals surface area (Å²) in [6, 6.07) is 0. The van der Waals surface area contributed by atoms with E-state index >= 15 is 0 Å². The average Bonchev–Trinajstić information content (AvgIpc) is 2.28. The molecule has 0 nitrogen and oxygen atoms in total. The highest BCUT2D eigenvalue weighted by Crippen LogP contribution is 2.38. The van der Waals surface area contributed by atoms with E-state index in [1.165, 1.54) is 38.5 Å². The molecule has 1 atom stereocenters. The topological polar surface area (TPSA) is 0 Å². The molecule has 0 N–H and O–H groups in total. The van der Waals surface area contributed by atoms with Crippen LogP contribution in [0.2, 0.25) is 0 Å². The smallest absolute Gasteiger partial charge is 0.0354 e. The van der Waals surface area contributed by atoms with E-state index in [4.69, 9.17) is 0 Å². The lowest BCUT2D eigenvalue weighted by atomic mass is 9.72. The molecule has 0 heteroatoms. The summed E-state index contributed by atoms with van der Waals surface area (Å²) in [6.45, 7) is 9.63. The fourth-order valence-electron chi connectivity index (χ4n) is 2.52. The fraction of sp³-hybridized carbons (Fsp3) is 1.00. The molecule has 0 unspecified atom stereocenters. The summed E-state index contributed by atoms with van der Waals surface area (Å²) in [5.74, 6) is 1.90. The first-order valence-electron chi connectivity index (χ1n) is 6.02. The highest BCUT2D eigenvalue weighted by atomic mass is 14.3. The molecule has 0 aromatic carbocycles. The van der Waals surface area contributed by atoms with Gasteiger partial charge in [0.2, 0.25) is 0 Å². The second kappa shape index (κ2) is 4.48. The van der Waals surface area contributed by atoms with Crippen molar-refractivity contribution >= 4 is 0 Å². The lowest BCUT2D eigenvalue weighted by molar-refractivity contribution is 0.162. The van der Waals surface area contributed by atoms with Crippen LogP contribution in [0.25, 0.3) is 0 Å². The average molecular weight is 182 g/mol. The van der Waals surface area contributed by atoms with E-state index in [9.17, 15) is 0 Å². The molecule has 1 rings (SSSR count). The van der Waals surface area contributed by atoms with E-state index in [1.54, 1.807) is 0 Å². The van der Waals surface area contributed by atoms with Gasteiger partial charge in [-0.1, -0.05) is 66.2 Å². The molecule has 1 aliphatic carbocycles. The van der Waals surface area contributed by atoms with Crippen molar-refractivity contribution in [2.24, 2.45) is 17.3 Å². The largest absolute Gasteiger partial charge is 0.0617 e. The first kappa shape index (κ1) is 11.1. The zero-order valence-corrected chi connectivity index (χ0v) is 9.90. The minimum atomic E-state index is 0.509. The van der Waals surface area contributed by atoms with E-state index in [-0.39, 0.29) is 0 Å². The van der Waals surface area contributed by atoms with Gasteiger partial charge in [0, 0.05) is 0 Å². The third-order valence-corrected chi connectivity index (χ3v) is 3.97. The van der Waals surface area contributed by atoms with E-state index in [0.717, 1.165) is 11.8 Å². The molecule has 0 radical (unpaired) electrons. The van der Waals surface area contributed by atoms with Gasteiger partial charge >= 0.3 is 0 Å². The summed E-state index contributed by atoms with van der Waals surface area (Å²) in [5, 5.41) is 0. The van der Waals surface area contributed by atoms with Crippen LogP contribution in [0.15, 0.2) is 0 Å². The maximum absolute atomic E-state index is 2.45. The summed E-state index contributed by atoms with van der Waals surface area (Å²) >= 11 is 0. The maximum Gasteiger partial charge on any atom is -0.0354 e. The SMILES string of the molecule is C[C@@H](C1CCCCCC1)C(C)(C)C. The number of rotatable bonds is 1. The Hall–Kier alpha value is 0. The highest BCUT2D eigenvalue weighted by Gasteiger charge is 2.28. The minimum Gasteiger partial charge on any atom is -0.0617 e. The summed E-state index contributed by atoms with van der Waals surface area (Å²) < 4.78 is 0. The van der Waals surface area contributed by atoms with Gasteiger partial charge in [-0.05, 0) is 17.3 Å². The molecule has 0 aromatic heterocycles. The third-order valence-electron chi connectivity index (χ3n) is 3.97. The molecule has 0 aliphatic heterocycles. The van der Waals surface area contributed by atoms with E-state index < -0.39 is 0 Å². The summed E-state index contributed by atoms with van der Waals surface area (Å²) in [4.78, 5) is 0. The molecule has 13 heavy (non-hydrogen) atoms. The second-order valence-corrected chi connectivity index (χ2v) is 5.91. The summed E-state index contributed by atoms with van der Waals surface area (Å²) in [6.07, 6.45) is 8.88. The van der Waals surface area contributed by atoms with Crippen LogP contribution < -0.4 is 0 Å². The molecule has 1 saturated carbocycles. The Kier molecular flexibility index (Phi) is 3.82. The van der Waals surface area contributed by atoms with E-state index in [0.29, 0.717) is 5.41 Å². The van der Waals surface area contributed by atoms with Crippen molar-refractivity contribution in [3.8, 4) is 0 Å². The van der Waals surface area contributed by atoms with Crippen molar-refractivity contribution in [2.45, 2.75) is 66.2 Å². The van der Waals surface area contributed by atoms with Gasteiger partial charge in [0.05, 0.1) is 0 Å². The molecule has 0 spiro atoms. The van der Waals surface area contributed by atoms with E-state index in [2.05, 4.69) is 27.7 Å². The second-order valence-electron chi connectivity index (χ2n) is 5.91. The van der Waals surface area contributed by atoms with Crippen LogP contribution in [0.5, 0.6) is 0 Å². The Balaban J connectivity index is 2.48. The molecule has 0 heterocycles. The molecular weight excluding hydrogens is 156 g/mol. The Morgan fingerprint density at radius 3 is 1.77 bits per heavy atom.